The Bertz CT molecular complexity index is 1190. The summed E-state index contributed by atoms with van der Waals surface area (Å²) in [5, 5.41) is 19.1. The van der Waals surface area contributed by atoms with E-state index in [0.29, 0.717) is 34.9 Å². The SMILES string of the molecule is CCCc1cc(C(O)(C(F)(F)F)C(F)(F)F)ccc1-c1cc(OCc2cc[c]c(CO)c2)ccc1C. The molecule has 3 rings (SSSR count). The summed E-state index contributed by atoms with van der Waals surface area (Å²) in [4.78, 5) is 0. The van der Waals surface area contributed by atoms with Gasteiger partial charge in [-0.15, -0.1) is 0 Å². The lowest BCUT2D eigenvalue weighted by Gasteiger charge is -2.33. The Morgan fingerprint density at radius 2 is 1.58 bits per heavy atom. The van der Waals surface area contributed by atoms with Crippen LogP contribution >= 0.6 is 0 Å². The number of hydrogen-bond acceptors (Lipinski definition) is 3. The lowest BCUT2D eigenvalue weighted by atomic mass is 9.86. The van der Waals surface area contributed by atoms with Crippen LogP contribution in [0.2, 0.25) is 0 Å². The summed E-state index contributed by atoms with van der Waals surface area (Å²) in [6.07, 6.45) is -11.2. The molecule has 9 heteroatoms. The van der Waals surface area contributed by atoms with Gasteiger partial charge in [-0.3, -0.25) is 0 Å². The van der Waals surface area contributed by atoms with Gasteiger partial charge in [0.1, 0.15) is 12.4 Å². The van der Waals surface area contributed by atoms with Crippen LogP contribution in [-0.2, 0) is 25.2 Å². The molecule has 1 radical (unpaired) electrons. The normalized spacial score (nSPS) is 12.6. The number of aryl methyl sites for hydroxylation is 2. The van der Waals surface area contributed by atoms with Crippen LogP contribution < -0.4 is 4.74 Å². The molecule has 3 aromatic carbocycles. The molecule has 0 aromatic heterocycles. The van der Waals surface area contributed by atoms with E-state index in [-0.39, 0.29) is 25.2 Å². The summed E-state index contributed by atoms with van der Waals surface area (Å²) in [5.41, 5.74) is -2.85. The fourth-order valence-electron chi connectivity index (χ4n) is 3.94. The van der Waals surface area contributed by atoms with Gasteiger partial charge < -0.3 is 14.9 Å². The summed E-state index contributed by atoms with van der Waals surface area (Å²) in [7, 11) is 0. The average molecular weight is 511 g/mol. The van der Waals surface area contributed by atoms with Gasteiger partial charge in [-0.25, -0.2) is 0 Å². The van der Waals surface area contributed by atoms with Gasteiger partial charge >= 0.3 is 12.4 Å². The Morgan fingerprint density at radius 1 is 0.889 bits per heavy atom. The van der Waals surface area contributed by atoms with Gasteiger partial charge in [-0.1, -0.05) is 49.7 Å². The van der Waals surface area contributed by atoms with Crippen LogP contribution in [0.25, 0.3) is 11.1 Å². The first-order chi connectivity index (χ1) is 16.8. The maximum absolute atomic E-state index is 13.4. The molecule has 0 bridgehead atoms. The molecule has 0 atom stereocenters. The number of benzene rings is 3. The molecule has 0 unspecified atom stereocenters. The number of hydrogen-bond donors (Lipinski definition) is 2. The topological polar surface area (TPSA) is 49.7 Å². The van der Waals surface area contributed by atoms with Crippen molar-refractivity contribution < 1.29 is 41.3 Å². The first-order valence-corrected chi connectivity index (χ1v) is 11.1. The van der Waals surface area contributed by atoms with E-state index >= 15 is 0 Å². The Hall–Kier alpha value is -3.04. The van der Waals surface area contributed by atoms with E-state index in [2.05, 4.69) is 6.07 Å². The van der Waals surface area contributed by atoms with Gasteiger partial charge in [-0.2, -0.15) is 26.3 Å². The quantitative estimate of drug-likeness (QED) is 0.327. The third-order valence-electron chi connectivity index (χ3n) is 5.86. The van der Waals surface area contributed by atoms with Crippen molar-refractivity contribution in [3.05, 3.63) is 88.5 Å². The van der Waals surface area contributed by atoms with Gasteiger partial charge in [-0.05, 0) is 71.0 Å². The Balaban J connectivity index is 2.02. The Morgan fingerprint density at radius 3 is 2.19 bits per heavy atom. The lowest BCUT2D eigenvalue weighted by molar-refractivity contribution is -0.376. The van der Waals surface area contributed by atoms with Crippen molar-refractivity contribution >= 4 is 0 Å². The van der Waals surface area contributed by atoms with Crippen molar-refractivity contribution in [1.82, 2.24) is 0 Å². The Kier molecular flexibility index (Phi) is 8.05. The van der Waals surface area contributed by atoms with Crippen LogP contribution in [0, 0.1) is 13.0 Å². The highest BCUT2D eigenvalue weighted by Crippen LogP contribution is 2.50. The van der Waals surface area contributed by atoms with Crippen LogP contribution in [-0.4, -0.2) is 22.6 Å². The molecule has 0 amide bonds. The zero-order chi connectivity index (χ0) is 26.7. The van der Waals surface area contributed by atoms with Gasteiger partial charge in [0.05, 0.1) is 6.61 Å². The summed E-state index contributed by atoms with van der Waals surface area (Å²) in [5.74, 6) is 0.447. The van der Waals surface area contributed by atoms with E-state index in [1.165, 1.54) is 6.07 Å². The van der Waals surface area contributed by atoms with E-state index in [1.54, 1.807) is 50.2 Å². The van der Waals surface area contributed by atoms with Gasteiger partial charge in [0, 0.05) is 5.56 Å². The minimum absolute atomic E-state index is 0.170. The van der Waals surface area contributed by atoms with Crippen molar-refractivity contribution in [2.45, 2.75) is 57.9 Å². The zero-order valence-corrected chi connectivity index (χ0v) is 19.6. The molecule has 0 fully saturated rings. The van der Waals surface area contributed by atoms with E-state index in [4.69, 9.17) is 4.74 Å². The zero-order valence-electron chi connectivity index (χ0n) is 19.6. The summed E-state index contributed by atoms with van der Waals surface area (Å²) >= 11 is 0. The van der Waals surface area contributed by atoms with Crippen molar-refractivity contribution in [1.29, 1.82) is 0 Å². The predicted octanol–water partition coefficient (Wildman–Crippen LogP) is 6.80. The van der Waals surface area contributed by atoms with E-state index in [1.807, 2.05) is 0 Å². The first kappa shape index (κ1) is 27.5. The molecule has 0 spiro atoms. The van der Waals surface area contributed by atoms with Gasteiger partial charge in [0.2, 0.25) is 0 Å². The molecule has 0 saturated carbocycles. The van der Waals surface area contributed by atoms with E-state index < -0.39 is 23.5 Å². The summed E-state index contributed by atoms with van der Waals surface area (Å²) < 4.78 is 86.3. The Labute approximate surface area is 205 Å². The second kappa shape index (κ2) is 10.5. The molecule has 0 aliphatic heterocycles. The lowest BCUT2D eigenvalue weighted by Crippen LogP contribution is -2.53. The van der Waals surface area contributed by atoms with E-state index in [9.17, 15) is 36.6 Å². The number of ether oxygens (including phenoxy) is 1. The molecule has 2 N–H and O–H groups in total. The van der Waals surface area contributed by atoms with Gasteiger partial charge in [0.25, 0.3) is 5.60 Å². The number of alkyl halides is 6. The molecule has 3 aromatic rings. The maximum atomic E-state index is 13.4. The minimum atomic E-state index is -5.95. The molecule has 0 saturated heterocycles. The van der Waals surface area contributed by atoms with Crippen molar-refractivity contribution in [2.24, 2.45) is 0 Å². The highest BCUT2D eigenvalue weighted by atomic mass is 19.4. The molecule has 36 heavy (non-hydrogen) atoms. The molecular formula is C27H25F6O3. The van der Waals surface area contributed by atoms with Crippen molar-refractivity contribution in [2.75, 3.05) is 0 Å². The third-order valence-corrected chi connectivity index (χ3v) is 5.86. The molecule has 0 heterocycles. The second-order valence-corrected chi connectivity index (χ2v) is 8.47. The van der Waals surface area contributed by atoms with Crippen LogP contribution in [0.15, 0.2) is 54.6 Å². The number of aliphatic hydroxyl groups excluding tert-OH is 1. The molecule has 193 valence electrons. The second-order valence-electron chi connectivity index (χ2n) is 8.47. The van der Waals surface area contributed by atoms with Crippen LogP contribution in [0.1, 0.15) is 41.2 Å². The fourth-order valence-corrected chi connectivity index (χ4v) is 3.94. The molecule has 3 nitrogen and oxygen atoms in total. The molecule has 0 aliphatic rings. The average Bonchev–Trinajstić information content (AvgIpc) is 2.82. The number of aliphatic hydroxyl groups is 2. The standard InChI is InChI=1S/C27H25F6O3/c1-3-5-20-13-21(25(35,26(28,29)30)27(31,32)33)9-11-23(20)24-14-22(10-8-17(24)2)36-16-19-7-4-6-18(12-19)15-34/h4,7-14,34-35H,3,5,15-16H2,1-2H3. The van der Waals surface area contributed by atoms with Crippen LogP contribution in [0.5, 0.6) is 5.75 Å². The van der Waals surface area contributed by atoms with E-state index in [0.717, 1.165) is 17.2 Å². The van der Waals surface area contributed by atoms with Gasteiger partial charge in [0.15, 0.2) is 0 Å². The fraction of sp³-hybridized carbons (Fsp3) is 0.333. The van der Waals surface area contributed by atoms with Crippen molar-refractivity contribution in [3.63, 3.8) is 0 Å². The van der Waals surface area contributed by atoms with Crippen LogP contribution in [0.4, 0.5) is 26.3 Å². The highest BCUT2D eigenvalue weighted by Gasteiger charge is 2.71. The summed E-state index contributed by atoms with van der Waals surface area (Å²) in [6.45, 7) is 3.53. The smallest absolute Gasteiger partial charge is 0.430 e. The summed E-state index contributed by atoms with van der Waals surface area (Å²) in [6, 6.07) is 15.8. The number of rotatable bonds is 8. The monoisotopic (exact) mass is 511 g/mol. The largest absolute Gasteiger partial charge is 0.489 e. The number of halogens is 6. The molecular weight excluding hydrogens is 486 g/mol. The first-order valence-electron chi connectivity index (χ1n) is 11.1. The molecule has 0 aliphatic carbocycles. The predicted molar refractivity (Wildman–Crippen MR) is 122 cm³/mol. The minimum Gasteiger partial charge on any atom is -0.489 e. The highest BCUT2D eigenvalue weighted by molar-refractivity contribution is 5.72. The third kappa shape index (κ3) is 5.52. The van der Waals surface area contributed by atoms with Crippen molar-refractivity contribution in [3.8, 4) is 16.9 Å². The maximum Gasteiger partial charge on any atom is 0.430 e. The van der Waals surface area contributed by atoms with Crippen LogP contribution in [0.3, 0.4) is 0 Å².